The molecule has 0 aromatic carbocycles. The van der Waals surface area contributed by atoms with Crippen molar-refractivity contribution in [2.24, 2.45) is 0 Å². The quantitative estimate of drug-likeness (QED) is 0.268. The minimum absolute atomic E-state index is 0.815. The maximum Gasteiger partial charge on any atom is 0.145 e. The Labute approximate surface area is 99.3 Å². The minimum Gasteiger partial charge on any atom is -0.298 e. The topological polar surface area (TPSA) is 17.1 Å². The average molecular weight is 218 g/mol. The van der Waals surface area contributed by atoms with E-state index in [9.17, 15) is 4.79 Å². The van der Waals surface area contributed by atoms with Gasteiger partial charge in [-0.15, -0.1) is 0 Å². The fourth-order valence-corrected chi connectivity index (χ4v) is 1.21. The van der Waals surface area contributed by atoms with Crippen molar-refractivity contribution in [2.45, 2.75) is 40.0 Å². The molecule has 1 nitrogen and oxygen atoms in total. The molecule has 0 saturated carbocycles. The molecule has 0 aromatic rings. The summed E-state index contributed by atoms with van der Waals surface area (Å²) in [5.74, 6) is 0. The van der Waals surface area contributed by atoms with Crippen LogP contribution in [-0.4, -0.2) is 6.29 Å². The van der Waals surface area contributed by atoms with E-state index in [4.69, 9.17) is 0 Å². The zero-order chi connectivity index (χ0) is 12.4. The van der Waals surface area contributed by atoms with Crippen LogP contribution in [0.15, 0.2) is 47.6 Å². The molecule has 0 unspecified atom stereocenters. The highest BCUT2D eigenvalue weighted by Gasteiger charge is 1.89. The smallest absolute Gasteiger partial charge is 0.145 e. The van der Waals surface area contributed by atoms with E-state index in [1.54, 1.807) is 0 Å². The molecule has 16 heavy (non-hydrogen) atoms. The highest BCUT2D eigenvalue weighted by Crippen LogP contribution is 2.08. The number of aldehydes is 1. The summed E-state index contributed by atoms with van der Waals surface area (Å²) in [6, 6.07) is 0. The van der Waals surface area contributed by atoms with E-state index in [0.29, 0.717) is 0 Å². The Morgan fingerprint density at radius 2 is 1.75 bits per heavy atom. The molecule has 88 valence electrons. The zero-order valence-corrected chi connectivity index (χ0v) is 10.6. The fraction of sp³-hybridized carbons (Fsp3) is 0.400. The number of rotatable bonds is 7. The van der Waals surface area contributed by atoms with Crippen molar-refractivity contribution in [3.8, 4) is 0 Å². The molecule has 0 aliphatic heterocycles. The highest BCUT2D eigenvalue weighted by atomic mass is 16.1. The van der Waals surface area contributed by atoms with Gasteiger partial charge in [0.1, 0.15) is 6.29 Å². The van der Waals surface area contributed by atoms with Crippen LogP contribution in [0.25, 0.3) is 0 Å². The average Bonchev–Trinajstić information content (AvgIpc) is 2.28. The van der Waals surface area contributed by atoms with Crippen LogP contribution in [0.4, 0.5) is 0 Å². The SMILES string of the molecule is C=C/C(C)=C/C/C=C(\C)CC/C=C(\C)C=O. The van der Waals surface area contributed by atoms with Gasteiger partial charge in [-0.1, -0.05) is 42.0 Å². The summed E-state index contributed by atoms with van der Waals surface area (Å²) in [5.41, 5.74) is 3.39. The van der Waals surface area contributed by atoms with Crippen molar-refractivity contribution in [3.05, 3.63) is 47.6 Å². The Hall–Kier alpha value is -1.37. The minimum atomic E-state index is 0.815. The number of hydrogen-bond acceptors (Lipinski definition) is 1. The largest absolute Gasteiger partial charge is 0.298 e. The molecular weight excluding hydrogens is 196 g/mol. The Balaban J connectivity index is 3.97. The standard InChI is InChI=1S/C15H22O/c1-5-13(2)8-6-9-14(3)10-7-11-15(4)12-16/h5,8-9,11-12H,1,6-7,10H2,2-4H3/b13-8+,14-9+,15-11+. The van der Waals surface area contributed by atoms with Crippen LogP contribution in [0.1, 0.15) is 40.0 Å². The van der Waals surface area contributed by atoms with Gasteiger partial charge in [-0.05, 0) is 45.6 Å². The molecular formula is C15H22O. The molecule has 0 aromatic heterocycles. The molecule has 0 rings (SSSR count). The first-order chi connectivity index (χ1) is 7.60. The first-order valence-electron chi connectivity index (χ1n) is 5.67. The van der Waals surface area contributed by atoms with E-state index in [2.05, 4.69) is 25.7 Å². The van der Waals surface area contributed by atoms with Crippen molar-refractivity contribution in [3.63, 3.8) is 0 Å². The third kappa shape index (κ3) is 7.98. The number of carbonyl (C=O) groups excluding carboxylic acids is 1. The molecule has 0 amide bonds. The van der Waals surface area contributed by atoms with Gasteiger partial charge in [0.2, 0.25) is 0 Å². The second-order valence-electron chi connectivity index (χ2n) is 4.04. The Kier molecular flexibility index (Phi) is 8.14. The van der Waals surface area contributed by atoms with E-state index in [1.807, 2.05) is 26.0 Å². The summed E-state index contributed by atoms with van der Waals surface area (Å²) in [4.78, 5) is 10.4. The molecule has 1 heteroatoms. The maximum absolute atomic E-state index is 10.4. The van der Waals surface area contributed by atoms with Gasteiger partial charge in [-0.3, -0.25) is 4.79 Å². The van der Waals surface area contributed by atoms with Crippen molar-refractivity contribution in [1.29, 1.82) is 0 Å². The molecule has 0 heterocycles. The lowest BCUT2D eigenvalue weighted by molar-refractivity contribution is -0.104. The Bertz CT molecular complexity index is 316. The summed E-state index contributed by atoms with van der Waals surface area (Å²) in [7, 11) is 0. The van der Waals surface area contributed by atoms with Gasteiger partial charge >= 0.3 is 0 Å². The lowest BCUT2D eigenvalue weighted by atomic mass is 10.1. The summed E-state index contributed by atoms with van der Waals surface area (Å²) in [5, 5.41) is 0. The number of hydrogen-bond donors (Lipinski definition) is 0. The van der Waals surface area contributed by atoms with Gasteiger partial charge in [-0.25, -0.2) is 0 Å². The molecule has 0 saturated heterocycles. The van der Waals surface area contributed by atoms with Gasteiger partial charge in [0.05, 0.1) is 0 Å². The summed E-state index contributed by atoms with van der Waals surface area (Å²) in [6.07, 6.45) is 12.0. The van der Waals surface area contributed by atoms with Crippen LogP contribution >= 0.6 is 0 Å². The van der Waals surface area contributed by atoms with Crippen LogP contribution in [-0.2, 0) is 4.79 Å². The van der Waals surface area contributed by atoms with Crippen LogP contribution in [0.3, 0.4) is 0 Å². The lowest BCUT2D eigenvalue weighted by Crippen LogP contribution is -1.80. The van der Waals surface area contributed by atoms with Crippen LogP contribution in [0.5, 0.6) is 0 Å². The van der Waals surface area contributed by atoms with E-state index < -0.39 is 0 Å². The molecule has 0 bridgehead atoms. The third-order valence-corrected chi connectivity index (χ3v) is 2.42. The molecule has 0 atom stereocenters. The van der Waals surface area contributed by atoms with E-state index in [0.717, 1.165) is 31.1 Å². The van der Waals surface area contributed by atoms with Gasteiger partial charge in [0.25, 0.3) is 0 Å². The second-order valence-corrected chi connectivity index (χ2v) is 4.04. The van der Waals surface area contributed by atoms with Gasteiger partial charge in [0, 0.05) is 0 Å². The number of carbonyl (C=O) groups is 1. The monoisotopic (exact) mass is 218 g/mol. The predicted octanol–water partition coefficient (Wildman–Crippen LogP) is 4.38. The normalized spacial score (nSPS) is 13.8. The Morgan fingerprint density at radius 3 is 2.31 bits per heavy atom. The number of allylic oxidation sites excluding steroid dienone is 7. The zero-order valence-electron chi connectivity index (χ0n) is 10.6. The van der Waals surface area contributed by atoms with Crippen molar-refractivity contribution in [1.82, 2.24) is 0 Å². The molecule has 0 radical (unpaired) electrons. The fourth-order valence-electron chi connectivity index (χ4n) is 1.21. The molecule has 0 aliphatic rings. The molecule has 0 fully saturated rings. The molecule has 0 spiro atoms. The van der Waals surface area contributed by atoms with E-state index in [1.165, 1.54) is 11.1 Å². The first kappa shape index (κ1) is 14.6. The van der Waals surface area contributed by atoms with E-state index >= 15 is 0 Å². The first-order valence-corrected chi connectivity index (χ1v) is 5.67. The van der Waals surface area contributed by atoms with Gasteiger partial charge in [0.15, 0.2) is 0 Å². The van der Waals surface area contributed by atoms with Crippen LogP contribution < -0.4 is 0 Å². The second kappa shape index (κ2) is 8.90. The van der Waals surface area contributed by atoms with Crippen LogP contribution in [0, 0.1) is 0 Å². The summed E-state index contributed by atoms with van der Waals surface area (Å²) < 4.78 is 0. The maximum atomic E-state index is 10.4. The molecule has 0 N–H and O–H groups in total. The highest BCUT2D eigenvalue weighted by molar-refractivity contribution is 5.71. The van der Waals surface area contributed by atoms with Gasteiger partial charge < -0.3 is 0 Å². The van der Waals surface area contributed by atoms with Crippen molar-refractivity contribution in [2.75, 3.05) is 0 Å². The summed E-state index contributed by atoms with van der Waals surface area (Å²) in [6.45, 7) is 9.72. The van der Waals surface area contributed by atoms with E-state index in [-0.39, 0.29) is 0 Å². The third-order valence-electron chi connectivity index (χ3n) is 2.42. The Morgan fingerprint density at radius 1 is 1.06 bits per heavy atom. The van der Waals surface area contributed by atoms with Crippen molar-refractivity contribution >= 4 is 6.29 Å². The lowest BCUT2D eigenvalue weighted by Gasteiger charge is -1.97. The van der Waals surface area contributed by atoms with Crippen molar-refractivity contribution < 1.29 is 4.79 Å². The van der Waals surface area contributed by atoms with Gasteiger partial charge in [-0.2, -0.15) is 0 Å². The molecule has 0 aliphatic carbocycles. The predicted molar refractivity (Wildman–Crippen MR) is 71.4 cm³/mol. The summed E-state index contributed by atoms with van der Waals surface area (Å²) >= 11 is 0. The van der Waals surface area contributed by atoms with Crippen LogP contribution in [0.2, 0.25) is 0 Å².